The van der Waals surface area contributed by atoms with Gasteiger partial charge in [0.1, 0.15) is 16.9 Å². The van der Waals surface area contributed by atoms with Gasteiger partial charge in [-0.25, -0.2) is 9.97 Å². The van der Waals surface area contributed by atoms with Crippen molar-refractivity contribution in [3.8, 4) is 11.8 Å². The molecule has 0 radical (unpaired) electrons. The fraction of sp³-hybridized carbons (Fsp3) is 0.188. The lowest BCUT2D eigenvalue weighted by molar-refractivity contribution is -0.149. The molecule has 2 aromatic heterocycles. The first-order valence-corrected chi connectivity index (χ1v) is 7.11. The van der Waals surface area contributed by atoms with E-state index in [4.69, 9.17) is 11.6 Å². The van der Waals surface area contributed by atoms with Crippen molar-refractivity contribution in [1.29, 1.82) is 0 Å². The van der Waals surface area contributed by atoms with Crippen LogP contribution in [0.3, 0.4) is 0 Å². The van der Waals surface area contributed by atoms with E-state index >= 15 is 0 Å². The lowest BCUT2D eigenvalue weighted by Gasteiger charge is -2.16. The van der Waals surface area contributed by atoms with Gasteiger partial charge >= 0.3 is 6.18 Å². The van der Waals surface area contributed by atoms with Crippen molar-refractivity contribution in [1.82, 2.24) is 15.3 Å². The summed E-state index contributed by atoms with van der Waals surface area (Å²) in [5.41, 5.74) is 1.03. The summed E-state index contributed by atoms with van der Waals surface area (Å²) in [6.45, 7) is 0.859. The van der Waals surface area contributed by atoms with Crippen molar-refractivity contribution in [2.45, 2.75) is 19.1 Å². The van der Waals surface area contributed by atoms with Crippen LogP contribution >= 0.6 is 11.6 Å². The number of aromatic nitrogens is 2. The second-order valence-corrected chi connectivity index (χ2v) is 5.17. The van der Waals surface area contributed by atoms with Gasteiger partial charge < -0.3 is 5.32 Å². The Hall–Kier alpha value is -2.59. The molecule has 0 saturated heterocycles. The zero-order valence-electron chi connectivity index (χ0n) is 12.4. The monoisotopic (exact) mass is 353 g/mol. The lowest BCUT2D eigenvalue weighted by Crippen LogP contribution is -2.43. The molecule has 0 aliphatic heterocycles. The van der Waals surface area contributed by atoms with Crippen LogP contribution in [0.15, 0.2) is 36.7 Å². The highest BCUT2D eigenvalue weighted by Gasteiger charge is 2.37. The molecule has 4 nitrogen and oxygen atoms in total. The van der Waals surface area contributed by atoms with E-state index in [-0.39, 0.29) is 5.69 Å². The molecule has 0 fully saturated rings. The second-order valence-electron chi connectivity index (χ2n) is 4.79. The molecule has 0 aromatic carbocycles. The highest BCUT2D eigenvalue weighted by atomic mass is 35.5. The maximum atomic E-state index is 12.4. The summed E-state index contributed by atoms with van der Waals surface area (Å²) in [7, 11) is 0. The summed E-state index contributed by atoms with van der Waals surface area (Å²) in [5, 5.41) is 2.15. The van der Waals surface area contributed by atoms with Crippen LogP contribution < -0.4 is 5.32 Å². The molecular weight excluding hydrogens is 343 g/mol. The molecule has 2 rings (SSSR count). The molecule has 1 amide bonds. The Labute approximate surface area is 141 Å². The van der Waals surface area contributed by atoms with Crippen LogP contribution in [-0.2, 0) is 0 Å². The highest BCUT2D eigenvalue weighted by Crippen LogP contribution is 2.19. The fourth-order valence-corrected chi connectivity index (χ4v) is 1.75. The van der Waals surface area contributed by atoms with Crippen LogP contribution in [0.25, 0.3) is 0 Å². The minimum absolute atomic E-state index is 0.122. The van der Waals surface area contributed by atoms with Crippen molar-refractivity contribution in [2.75, 3.05) is 0 Å². The average molecular weight is 354 g/mol. The molecule has 1 atom stereocenters. The van der Waals surface area contributed by atoms with E-state index < -0.39 is 18.1 Å². The van der Waals surface area contributed by atoms with Crippen LogP contribution in [0.5, 0.6) is 0 Å². The zero-order valence-corrected chi connectivity index (χ0v) is 13.1. The van der Waals surface area contributed by atoms with Crippen molar-refractivity contribution in [3.63, 3.8) is 0 Å². The maximum Gasteiger partial charge on any atom is 0.408 e. The first-order valence-electron chi connectivity index (χ1n) is 6.73. The fourth-order valence-electron chi connectivity index (χ4n) is 1.58. The molecule has 0 aliphatic carbocycles. The number of rotatable bonds is 2. The molecule has 2 heterocycles. The Morgan fingerprint density at radius 2 is 1.92 bits per heavy atom. The first-order chi connectivity index (χ1) is 11.3. The Kier molecular flexibility index (Phi) is 5.42. The molecule has 1 unspecified atom stereocenters. The number of carbonyl (C=O) groups excluding carboxylic acids is 1. The predicted molar refractivity (Wildman–Crippen MR) is 82.4 cm³/mol. The van der Waals surface area contributed by atoms with E-state index in [9.17, 15) is 18.0 Å². The van der Waals surface area contributed by atoms with Gasteiger partial charge in [0, 0.05) is 23.5 Å². The highest BCUT2D eigenvalue weighted by molar-refractivity contribution is 6.29. The number of nitrogens with zero attached hydrogens (tertiary/aromatic N) is 2. The van der Waals surface area contributed by atoms with Gasteiger partial charge in [-0.05, 0) is 31.2 Å². The van der Waals surface area contributed by atoms with E-state index in [1.54, 1.807) is 12.1 Å². The Bertz CT molecular complexity index is 795. The Balaban J connectivity index is 2.07. The second kappa shape index (κ2) is 7.32. The largest absolute Gasteiger partial charge is 0.408 e. The number of pyridine rings is 2. The van der Waals surface area contributed by atoms with Crippen LogP contribution in [0.2, 0.25) is 5.15 Å². The third-order valence-corrected chi connectivity index (χ3v) is 3.12. The van der Waals surface area contributed by atoms with Gasteiger partial charge in [-0.2, -0.15) is 13.2 Å². The van der Waals surface area contributed by atoms with Gasteiger partial charge in [0.25, 0.3) is 5.91 Å². The SMILES string of the molecule is CC(NC(=O)c1ccc(C#Cc2ccnc(Cl)c2)cn1)C(F)(F)F. The minimum atomic E-state index is -4.51. The van der Waals surface area contributed by atoms with E-state index in [1.807, 2.05) is 5.32 Å². The Morgan fingerprint density at radius 3 is 2.50 bits per heavy atom. The summed E-state index contributed by atoms with van der Waals surface area (Å²) in [6.07, 6.45) is -1.68. The van der Waals surface area contributed by atoms with Crippen LogP contribution in [0.4, 0.5) is 13.2 Å². The smallest absolute Gasteiger partial charge is 0.339 e. The van der Waals surface area contributed by atoms with Crippen molar-refractivity contribution >= 4 is 17.5 Å². The normalized spacial score (nSPS) is 12.0. The summed E-state index contributed by atoms with van der Waals surface area (Å²) in [4.78, 5) is 19.3. The van der Waals surface area contributed by atoms with Gasteiger partial charge in [-0.15, -0.1) is 0 Å². The van der Waals surface area contributed by atoms with Crippen LogP contribution in [0, 0.1) is 11.8 Å². The minimum Gasteiger partial charge on any atom is -0.339 e. The van der Waals surface area contributed by atoms with E-state index in [1.165, 1.54) is 24.5 Å². The predicted octanol–water partition coefficient (Wildman–Crippen LogP) is 3.21. The van der Waals surface area contributed by atoms with E-state index in [2.05, 4.69) is 21.8 Å². The molecule has 1 N–H and O–H groups in total. The van der Waals surface area contributed by atoms with Gasteiger partial charge in [-0.3, -0.25) is 4.79 Å². The molecule has 0 bridgehead atoms. The van der Waals surface area contributed by atoms with E-state index in [0.29, 0.717) is 16.3 Å². The maximum absolute atomic E-state index is 12.4. The van der Waals surface area contributed by atoms with Crippen LogP contribution in [-0.4, -0.2) is 28.1 Å². The third kappa shape index (κ3) is 4.96. The molecular formula is C16H11ClF3N3O. The number of alkyl halides is 3. The number of hydrogen-bond acceptors (Lipinski definition) is 3. The molecule has 0 saturated carbocycles. The molecule has 2 aromatic rings. The quantitative estimate of drug-likeness (QED) is 0.666. The standard InChI is InChI=1S/C16H11ClF3N3O/c1-10(16(18,19)20)23-15(24)13-5-4-12(9-22-13)3-2-11-6-7-21-14(17)8-11/h4-10H,1H3,(H,23,24). The van der Waals surface area contributed by atoms with Crippen molar-refractivity contribution < 1.29 is 18.0 Å². The van der Waals surface area contributed by atoms with Crippen molar-refractivity contribution in [2.24, 2.45) is 0 Å². The topological polar surface area (TPSA) is 54.9 Å². The lowest BCUT2D eigenvalue weighted by atomic mass is 10.2. The molecule has 24 heavy (non-hydrogen) atoms. The molecule has 124 valence electrons. The average Bonchev–Trinajstić information content (AvgIpc) is 2.52. The molecule has 8 heteroatoms. The number of nitrogens with one attached hydrogen (secondary N) is 1. The van der Waals surface area contributed by atoms with Gasteiger partial charge in [-0.1, -0.05) is 23.4 Å². The Morgan fingerprint density at radius 1 is 1.21 bits per heavy atom. The summed E-state index contributed by atoms with van der Waals surface area (Å²) < 4.78 is 37.2. The third-order valence-electron chi connectivity index (χ3n) is 2.91. The number of amides is 1. The molecule has 0 aliphatic rings. The summed E-state index contributed by atoms with van der Waals surface area (Å²) in [6, 6.07) is 4.11. The first kappa shape index (κ1) is 17.8. The van der Waals surface area contributed by atoms with Crippen molar-refractivity contribution in [3.05, 3.63) is 58.6 Å². The van der Waals surface area contributed by atoms with Crippen LogP contribution in [0.1, 0.15) is 28.5 Å². The van der Waals surface area contributed by atoms with Gasteiger partial charge in [0.05, 0.1) is 0 Å². The van der Waals surface area contributed by atoms with E-state index in [0.717, 1.165) is 6.92 Å². The zero-order chi connectivity index (χ0) is 17.7. The molecule has 0 spiro atoms. The number of hydrogen-bond donors (Lipinski definition) is 1. The number of carbonyl (C=O) groups is 1. The summed E-state index contributed by atoms with van der Waals surface area (Å²) in [5.74, 6) is 4.74. The number of halogens is 4. The van der Waals surface area contributed by atoms with Gasteiger partial charge in [0.2, 0.25) is 0 Å². The van der Waals surface area contributed by atoms with Gasteiger partial charge in [0.15, 0.2) is 0 Å². The summed E-state index contributed by atoms with van der Waals surface area (Å²) >= 11 is 5.74.